The molecule has 1 aromatic carbocycles. The van der Waals surface area contributed by atoms with Crippen molar-refractivity contribution >= 4 is 28.3 Å². The Labute approximate surface area is 188 Å². The summed E-state index contributed by atoms with van der Waals surface area (Å²) in [6.45, 7) is 0.665. The van der Waals surface area contributed by atoms with E-state index in [1.165, 1.54) is 23.0 Å². The maximum Gasteiger partial charge on any atom is 0.268 e. The zero-order valence-corrected chi connectivity index (χ0v) is 18.3. The van der Waals surface area contributed by atoms with Gasteiger partial charge in [-0.05, 0) is 23.6 Å². The van der Waals surface area contributed by atoms with Crippen molar-refractivity contribution < 1.29 is 14.6 Å². The van der Waals surface area contributed by atoms with Gasteiger partial charge in [0.2, 0.25) is 0 Å². The molecule has 8 nitrogen and oxygen atoms in total. The van der Waals surface area contributed by atoms with E-state index in [4.69, 9.17) is 4.74 Å². The van der Waals surface area contributed by atoms with Gasteiger partial charge in [0.15, 0.2) is 5.75 Å². The molecule has 0 bridgehead atoms. The zero-order valence-electron chi connectivity index (χ0n) is 17.4. The number of methoxy groups -OCH3 is 1. The van der Waals surface area contributed by atoms with Gasteiger partial charge in [-0.2, -0.15) is 0 Å². The summed E-state index contributed by atoms with van der Waals surface area (Å²) in [5.41, 5.74) is 1.68. The van der Waals surface area contributed by atoms with Crippen LogP contribution in [-0.4, -0.2) is 45.8 Å². The molecule has 0 saturated carbocycles. The number of carbonyl (C=O) groups is 1. The Morgan fingerprint density at radius 3 is 2.75 bits per heavy atom. The van der Waals surface area contributed by atoms with E-state index >= 15 is 0 Å². The maximum absolute atomic E-state index is 13.3. The first-order chi connectivity index (χ1) is 15.6. The largest absolute Gasteiger partial charge is 0.505 e. The molecule has 3 aromatic heterocycles. The molecule has 0 aliphatic heterocycles. The van der Waals surface area contributed by atoms with Gasteiger partial charge in [0.25, 0.3) is 11.5 Å². The molecule has 0 fully saturated rings. The third-order valence-electron chi connectivity index (χ3n) is 4.98. The monoisotopic (exact) mass is 450 g/mol. The first-order valence-corrected chi connectivity index (χ1v) is 10.9. The first kappa shape index (κ1) is 21.7. The van der Waals surface area contributed by atoms with Crippen LogP contribution in [0.5, 0.6) is 5.75 Å². The van der Waals surface area contributed by atoms with Gasteiger partial charge in [0, 0.05) is 31.4 Å². The van der Waals surface area contributed by atoms with E-state index in [1.807, 2.05) is 41.8 Å². The molecular weight excluding hydrogens is 428 g/mol. The third kappa shape index (κ3) is 4.53. The number of benzene rings is 1. The van der Waals surface area contributed by atoms with E-state index in [1.54, 1.807) is 12.4 Å². The van der Waals surface area contributed by atoms with E-state index in [9.17, 15) is 14.7 Å². The Morgan fingerprint density at radius 2 is 2.03 bits per heavy atom. The van der Waals surface area contributed by atoms with E-state index in [2.05, 4.69) is 15.3 Å². The van der Waals surface area contributed by atoms with Crippen molar-refractivity contribution in [1.29, 1.82) is 0 Å². The number of pyridine rings is 2. The van der Waals surface area contributed by atoms with Gasteiger partial charge in [0.05, 0.1) is 18.7 Å². The van der Waals surface area contributed by atoms with Gasteiger partial charge < -0.3 is 15.2 Å². The van der Waals surface area contributed by atoms with Crippen LogP contribution in [0.1, 0.15) is 26.5 Å². The minimum absolute atomic E-state index is 0.169. The molecule has 0 spiro atoms. The molecule has 164 valence electrons. The van der Waals surface area contributed by atoms with Crippen LogP contribution >= 0.6 is 11.3 Å². The molecule has 0 aliphatic carbocycles. The molecule has 1 amide bonds. The normalized spacial score (nSPS) is 11.0. The first-order valence-electron chi connectivity index (χ1n) is 10.0. The lowest BCUT2D eigenvalue weighted by molar-refractivity contribution is 0.0932. The fourth-order valence-corrected chi connectivity index (χ4v) is 4.06. The molecule has 2 N–H and O–H groups in total. The predicted molar refractivity (Wildman–Crippen MR) is 122 cm³/mol. The highest BCUT2D eigenvalue weighted by Crippen LogP contribution is 2.26. The van der Waals surface area contributed by atoms with Gasteiger partial charge in [-0.3, -0.25) is 19.1 Å². The van der Waals surface area contributed by atoms with Crippen LogP contribution in [-0.2, 0) is 17.7 Å². The molecule has 4 aromatic rings. The number of nitrogens with zero attached hydrogens (tertiary/aromatic N) is 3. The second-order valence-electron chi connectivity index (χ2n) is 7.16. The lowest BCUT2D eigenvalue weighted by Crippen LogP contribution is -2.35. The van der Waals surface area contributed by atoms with Crippen molar-refractivity contribution in [2.24, 2.45) is 0 Å². The fourth-order valence-electron chi connectivity index (χ4n) is 3.46. The van der Waals surface area contributed by atoms with E-state index in [0.717, 1.165) is 11.1 Å². The Bertz CT molecular complexity index is 1290. The molecule has 0 unspecified atom stereocenters. The minimum Gasteiger partial charge on any atom is -0.505 e. The number of hydrogen-bond acceptors (Lipinski definition) is 7. The highest BCUT2D eigenvalue weighted by Gasteiger charge is 2.23. The molecule has 32 heavy (non-hydrogen) atoms. The summed E-state index contributed by atoms with van der Waals surface area (Å²) in [5.74, 6) is -1.10. The highest BCUT2D eigenvalue weighted by molar-refractivity contribution is 7.09. The van der Waals surface area contributed by atoms with Crippen molar-refractivity contribution in [3.63, 3.8) is 0 Å². The number of carbonyl (C=O) groups excluding carboxylic acids is 1. The smallest absolute Gasteiger partial charge is 0.268 e. The minimum atomic E-state index is -0.672. The summed E-state index contributed by atoms with van der Waals surface area (Å²) in [5, 5.41) is 15.9. The van der Waals surface area contributed by atoms with Crippen molar-refractivity contribution in [2.45, 2.75) is 13.0 Å². The van der Waals surface area contributed by atoms with Crippen molar-refractivity contribution in [1.82, 2.24) is 19.9 Å². The molecule has 0 radical (unpaired) electrons. The van der Waals surface area contributed by atoms with Gasteiger partial charge >= 0.3 is 0 Å². The van der Waals surface area contributed by atoms with Crippen LogP contribution in [0, 0.1) is 0 Å². The van der Waals surface area contributed by atoms with Crippen LogP contribution in [0.4, 0.5) is 0 Å². The molecular formula is C23H22N4O4S. The quantitative estimate of drug-likeness (QED) is 0.400. The zero-order chi connectivity index (χ0) is 22.5. The van der Waals surface area contributed by atoms with Crippen molar-refractivity contribution in [3.8, 4) is 5.75 Å². The van der Waals surface area contributed by atoms with E-state index in [0.29, 0.717) is 16.9 Å². The van der Waals surface area contributed by atoms with Crippen LogP contribution in [0.3, 0.4) is 0 Å². The molecule has 3 heterocycles. The molecule has 9 heteroatoms. The molecule has 0 aliphatic rings. The van der Waals surface area contributed by atoms with Gasteiger partial charge in [-0.15, -0.1) is 11.3 Å². The highest BCUT2D eigenvalue weighted by atomic mass is 32.1. The van der Waals surface area contributed by atoms with Crippen molar-refractivity contribution in [3.05, 3.63) is 86.2 Å². The number of aromatic nitrogens is 3. The number of fused-ring (bicyclic) bond motifs is 1. The summed E-state index contributed by atoms with van der Waals surface area (Å²) >= 11 is 1.41. The third-order valence-corrected chi connectivity index (χ3v) is 5.75. The lowest BCUT2D eigenvalue weighted by atomic mass is 10.1. The molecule has 0 saturated heterocycles. The summed E-state index contributed by atoms with van der Waals surface area (Å²) < 4.78 is 6.38. The SMILES string of the molecule is COCCNC(=O)c1c(O)c2ncc(Cc3ccccc3)cc2n(Cc2nccs2)c1=O. The number of nitrogens with one attached hydrogen (secondary N) is 1. The Hall–Kier alpha value is -3.56. The van der Waals surface area contributed by atoms with Crippen LogP contribution in [0.2, 0.25) is 0 Å². The van der Waals surface area contributed by atoms with Gasteiger partial charge in [-0.25, -0.2) is 4.98 Å². The maximum atomic E-state index is 13.3. The second-order valence-corrected chi connectivity index (χ2v) is 8.14. The van der Waals surface area contributed by atoms with Gasteiger partial charge in [0.1, 0.15) is 16.1 Å². The number of thiazole rings is 1. The van der Waals surface area contributed by atoms with Gasteiger partial charge in [-0.1, -0.05) is 30.3 Å². The Kier molecular flexibility index (Phi) is 6.58. The predicted octanol–water partition coefficient (Wildman–Crippen LogP) is 2.57. The van der Waals surface area contributed by atoms with Crippen LogP contribution < -0.4 is 10.9 Å². The van der Waals surface area contributed by atoms with E-state index in [-0.39, 0.29) is 30.8 Å². The lowest BCUT2D eigenvalue weighted by Gasteiger charge is -2.15. The van der Waals surface area contributed by atoms with Crippen molar-refractivity contribution in [2.75, 3.05) is 20.3 Å². The average molecular weight is 451 g/mol. The summed E-state index contributed by atoms with van der Waals surface area (Å²) in [6.07, 6.45) is 3.93. The Balaban J connectivity index is 1.83. The number of rotatable bonds is 8. The Morgan fingerprint density at radius 1 is 1.22 bits per heavy atom. The summed E-state index contributed by atoms with van der Waals surface area (Å²) in [4.78, 5) is 34.7. The number of ether oxygens (including phenoxy) is 1. The molecule has 4 rings (SSSR count). The number of aromatic hydroxyl groups is 1. The average Bonchev–Trinajstić information content (AvgIpc) is 3.31. The molecule has 0 atom stereocenters. The standard InChI is InChI=1S/C23H22N4O4S/c1-31-9-7-25-22(29)19-21(28)20-17(27(23(19)30)14-18-24-8-10-32-18)12-16(13-26-20)11-15-5-3-2-4-6-15/h2-6,8,10,12-13,28H,7,9,11,14H2,1H3,(H,25,29). The van der Waals surface area contributed by atoms with Crippen LogP contribution in [0.15, 0.2) is 59.0 Å². The summed E-state index contributed by atoms with van der Waals surface area (Å²) in [6, 6.07) is 11.7. The second kappa shape index (κ2) is 9.71. The van der Waals surface area contributed by atoms with Crippen LogP contribution in [0.25, 0.3) is 11.0 Å². The van der Waals surface area contributed by atoms with E-state index < -0.39 is 17.2 Å². The number of hydrogen-bond donors (Lipinski definition) is 2. The summed E-state index contributed by atoms with van der Waals surface area (Å²) in [7, 11) is 1.51. The topological polar surface area (TPSA) is 106 Å². The number of amides is 1. The fraction of sp³-hybridized carbons (Fsp3) is 0.217.